The molecule has 0 radical (unpaired) electrons. The minimum atomic E-state index is -0.381. The van der Waals surface area contributed by atoms with Gasteiger partial charge >= 0.3 is 7.12 Å². The lowest BCUT2D eigenvalue weighted by atomic mass is 9.81. The van der Waals surface area contributed by atoms with Crippen LogP contribution in [0.25, 0.3) is 0 Å². The van der Waals surface area contributed by atoms with E-state index in [1.165, 1.54) is 5.56 Å². The smallest absolute Gasteiger partial charge is 0.398 e. The van der Waals surface area contributed by atoms with Gasteiger partial charge in [-0.15, -0.1) is 0 Å². The van der Waals surface area contributed by atoms with E-state index in [1.807, 2.05) is 6.20 Å². The second kappa shape index (κ2) is 5.13. The van der Waals surface area contributed by atoms with Crippen LogP contribution in [0.1, 0.15) is 38.8 Å². The van der Waals surface area contributed by atoms with Crippen LogP contribution in [0, 0.1) is 6.92 Å². The molecule has 1 aliphatic rings. The SMILES string of the molecule is Cc1cc(CN(C)C)cnc1B1OC(C)(C)C(C)(C)O1. The van der Waals surface area contributed by atoms with Crippen molar-refractivity contribution in [3.05, 3.63) is 23.4 Å². The van der Waals surface area contributed by atoms with Crippen molar-refractivity contribution in [1.82, 2.24) is 9.88 Å². The molecule has 4 nitrogen and oxygen atoms in total. The third-order valence-corrected chi connectivity index (χ3v) is 4.15. The van der Waals surface area contributed by atoms with E-state index in [-0.39, 0.29) is 18.3 Å². The maximum Gasteiger partial charge on any atom is 0.514 e. The highest BCUT2D eigenvalue weighted by Crippen LogP contribution is 2.36. The molecule has 0 unspecified atom stereocenters. The van der Waals surface area contributed by atoms with E-state index in [9.17, 15) is 0 Å². The van der Waals surface area contributed by atoms with Crippen molar-refractivity contribution in [2.75, 3.05) is 14.1 Å². The van der Waals surface area contributed by atoms with Crippen LogP contribution >= 0.6 is 0 Å². The van der Waals surface area contributed by atoms with Crippen molar-refractivity contribution in [3.63, 3.8) is 0 Å². The Bertz CT molecular complexity index is 485. The fraction of sp³-hybridized carbons (Fsp3) is 0.667. The summed E-state index contributed by atoms with van der Waals surface area (Å²) in [5, 5.41) is 0. The van der Waals surface area contributed by atoms with Crippen LogP contribution in [0.15, 0.2) is 12.3 Å². The molecule has 0 N–H and O–H groups in total. The van der Waals surface area contributed by atoms with E-state index in [1.54, 1.807) is 0 Å². The second-order valence-corrected chi connectivity index (χ2v) is 6.87. The predicted molar refractivity (Wildman–Crippen MR) is 82.1 cm³/mol. The van der Waals surface area contributed by atoms with Crippen molar-refractivity contribution >= 4 is 12.7 Å². The summed E-state index contributed by atoms with van der Waals surface area (Å²) in [5.74, 6) is 0. The molecule has 20 heavy (non-hydrogen) atoms. The first-order chi connectivity index (χ1) is 9.12. The zero-order valence-electron chi connectivity index (χ0n) is 13.7. The Balaban J connectivity index is 2.23. The number of hydrogen-bond donors (Lipinski definition) is 0. The van der Waals surface area contributed by atoms with Crippen LogP contribution in [-0.2, 0) is 15.9 Å². The molecule has 0 amide bonds. The molecule has 0 saturated carbocycles. The highest BCUT2D eigenvalue weighted by molar-refractivity contribution is 6.61. The Morgan fingerprint density at radius 2 is 1.70 bits per heavy atom. The van der Waals surface area contributed by atoms with Crippen LogP contribution in [0.3, 0.4) is 0 Å². The Morgan fingerprint density at radius 3 is 2.15 bits per heavy atom. The van der Waals surface area contributed by atoms with E-state index < -0.39 is 0 Å². The Hall–Kier alpha value is -0.905. The van der Waals surface area contributed by atoms with Gasteiger partial charge < -0.3 is 14.2 Å². The third-order valence-electron chi connectivity index (χ3n) is 4.15. The third kappa shape index (κ3) is 2.90. The summed E-state index contributed by atoms with van der Waals surface area (Å²) in [4.78, 5) is 6.70. The lowest BCUT2D eigenvalue weighted by Gasteiger charge is -2.32. The number of pyridine rings is 1. The van der Waals surface area contributed by atoms with Crippen LogP contribution in [0.4, 0.5) is 0 Å². The molecule has 0 bridgehead atoms. The first-order valence-corrected chi connectivity index (χ1v) is 7.08. The zero-order valence-corrected chi connectivity index (χ0v) is 13.7. The van der Waals surface area contributed by atoms with E-state index >= 15 is 0 Å². The zero-order chi connectivity index (χ0) is 15.1. The van der Waals surface area contributed by atoms with Crippen molar-refractivity contribution in [2.45, 2.75) is 52.4 Å². The summed E-state index contributed by atoms with van der Waals surface area (Å²) in [6.45, 7) is 11.2. The molecule has 1 aromatic rings. The quantitative estimate of drug-likeness (QED) is 0.788. The molecule has 2 heterocycles. The maximum atomic E-state index is 6.06. The topological polar surface area (TPSA) is 34.6 Å². The fourth-order valence-corrected chi connectivity index (χ4v) is 2.30. The van der Waals surface area contributed by atoms with Gasteiger partial charge in [0.05, 0.1) is 16.8 Å². The molecular formula is C15H25BN2O2. The average molecular weight is 276 g/mol. The van der Waals surface area contributed by atoms with Crippen LogP contribution in [-0.4, -0.2) is 42.3 Å². The normalized spacial score (nSPS) is 20.7. The Labute approximate surface area is 122 Å². The van der Waals surface area contributed by atoms with Crippen molar-refractivity contribution < 1.29 is 9.31 Å². The molecule has 2 rings (SSSR count). The van der Waals surface area contributed by atoms with E-state index in [0.717, 1.165) is 17.7 Å². The first kappa shape index (κ1) is 15.5. The van der Waals surface area contributed by atoms with Gasteiger partial charge in [0, 0.05) is 12.7 Å². The molecule has 1 aliphatic heterocycles. The van der Waals surface area contributed by atoms with E-state index in [0.29, 0.717) is 0 Å². The molecule has 0 spiro atoms. The largest absolute Gasteiger partial charge is 0.514 e. The van der Waals surface area contributed by atoms with Crippen molar-refractivity contribution in [3.8, 4) is 0 Å². The summed E-state index contributed by atoms with van der Waals surface area (Å²) in [5.41, 5.74) is 2.55. The lowest BCUT2D eigenvalue weighted by Crippen LogP contribution is -2.41. The van der Waals surface area contributed by atoms with Gasteiger partial charge in [-0.25, -0.2) is 0 Å². The van der Waals surface area contributed by atoms with Crippen LogP contribution in [0.2, 0.25) is 0 Å². The first-order valence-electron chi connectivity index (χ1n) is 7.08. The molecule has 5 heteroatoms. The highest BCUT2D eigenvalue weighted by atomic mass is 16.7. The highest BCUT2D eigenvalue weighted by Gasteiger charge is 2.52. The molecule has 1 aromatic heterocycles. The van der Waals surface area contributed by atoms with Gasteiger partial charge in [0.1, 0.15) is 0 Å². The molecule has 0 aromatic carbocycles. The average Bonchev–Trinajstić information content (AvgIpc) is 2.46. The maximum absolute atomic E-state index is 6.06. The lowest BCUT2D eigenvalue weighted by molar-refractivity contribution is 0.00578. The number of nitrogens with zero attached hydrogens (tertiary/aromatic N) is 2. The molecular weight excluding hydrogens is 251 g/mol. The van der Waals surface area contributed by atoms with Gasteiger partial charge in [-0.2, -0.15) is 0 Å². The Morgan fingerprint density at radius 1 is 1.15 bits per heavy atom. The predicted octanol–water partition coefficient (Wildman–Crippen LogP) is 1.75. The van der Waals surface area contributed by atoms with Gasteiger partial charge in [0.2, 0.25) is 0 Å². The van der Waals surface area contributed by atoms with Gasteiger partial charge in [-0.05, 0) is 59.8 Å². The number of rotatable bonds is 3. The second-order valence-electron chi connectivity index (χ2n) is 6.87. The molecule has 1 saturated heterocycles. The monoisotopic (exact) mass is 276 g/mol. The fourth-order valence-electron chi connectivity index (χ4n) is 2.30. The number of aryl methyl sites for hydroxylation is 1. The summed E-state index contributed by atoms with van der Waals surface area (Å²) in [6, 6.07) is 2.16. The van der Waals surface area contributed by atoms with Gasteiger partial charge in [0.15, 0.2) is 0 Å². The van der Waals surface area contributed by atoms with Crippen molar-refractivity contribution in [2.24, 2.45) is 0 Å². The van der Waals surface area contributed by atoms with Gasteiger partial charge in [-0.3, -0.25) is 4.98 Å². The van der Waals surface area contributed by atoms with Crippen molar-refractivity contribution in [1.29, 1.82) is 0 Å². The summed E-state index contributed by atoms with van der Waals surface area (Å²) < 4.78 is 12.1. The summed E-state index contributed by atoms with van der Waals surface area (Å²) in [7, 11) is 3.72. The molecule has 110 valence electrons. The summed E-state index contributed by atoms with van der Waals surface area (Å²) >= 11 is 0. The molecule has 0 atom stereocenters. The van der Waals surface area contributed by atoms with Crippen LogP contribution < -0.4 is 5.59 Å². The van der Waals surface area contributed by atoms with Gasteiger partial charge in [-0.1, -0.05) is 6.07 Å². The Kier molecular flexibility index (Phi) is 3.97. The summed E-state index contributed by atoms with van der Waals surface area (Å²) in [6.07, 6.45) is 1.91. The minimum Gasteiger partial charge on any atom is -0.398 e. The molecule has 1 fully saturated rings. The van der Waals surface area contributed by atoms with E-state index in [2.05, 4.69) is 64.7 Å². The molecule has 0 aliphatic carbocycles. The standard InChI is InChI=1S/C15H25BN2O2/c1-11-8-12(10-18(6)7)9-17-13(11)16-19-14(2,3)15(4,5)20-16/h8-9H,10H2,1-7H3. The number of hydrogen-bond acceptors (Lipinski definition) is 4. The van der Waals surface area contributed by atoms with Gasteiger partial charge in [0.25, 0.3) is 0 Å². The minimum absolute atomic E-state index is 0.325. The number of aromatic nitrogens is 1. The van der Waals surface area contributed by atoms with Crippen LogP contribution in [0.5, 0.6) is 0 Å². The van der Waals surface area contributed by atoms with E-state index in [4.69, 9.17) is 9.31 Å².